The molecule has 0 aliphatic heterocycles. The molecule has 19 heavy (non-hydrogen) atoms. The SMILES string of the molecule is CC(=O)Nc1ccc(F)c(C(=O)NCCC(C)N)c1. The Morgan fingerprint density at radius 2 is 2.11 bits per heavy atom. The van der Waals surface area contributed by atoms with Crippen molar-refractivity contribution >= 4 is 17.5 Å². The maximum absolute atomic E-state index is 13.5. The number of halogens is 1. The van der Waals surface area contributed by atoms with Crippen molar-refractivity contribution < 1.29 is 14.0 Å². The van der Waals surface area contributed by atoms with Gasteiger partial charge < -0.3 is 16.4 Å². The van der Waals surface area contributed by atoms with Crippen molar-refractivity contribution in [3.63, 3.8) is 0 Å². The van der Waals surface area contributed by atoms with Gasteiger partial charge in [0.2, 0.25) is 5.91 Å². The summed E-state index contributed by atoms with van der Waals surface area (Å²) in [5.74, 6) is -1.44. The maximum Gasteiger partial charge on any atom is 0.254 e. The van der Waals surface area contributed by atoms with E-state index in [2.05, 4.69) is 10.6 Å². The summed E-state index contributed by atoms with van der Waals surface area (Å²) in [6.45, 7) is 3.54. The van der Waals surface area contributed by atoms with Crippen LogP contribution in [0.2, 0.25) is 0 Å². The summed E-state index contributed by atoms with van der Waals surface area (Å²) >= 11 is 0. The Balaban J connectivity index is 2.74. The molecule has 0 bridgehead atoms. The molecule has 0 spiro atoms. The third-order valence-electron chi connectivity index (χ3n) is 2.42. The lowest BCUT2D eigenvalue weighted by molar-refractivity contribution is -0.114. The van der Waals surface area contributed by atoms with Crippen molar-refractivity contribution in [1.29, 1.82) is 0 Å². The lowest BCUT2D eigenvalue weighted by Gasteiger charge is -2.09. The lowest BCUT2D eigenvalue weighted by atomic mass is 10.1. The fourth-order valence-electron chi connectivity index (χ4n) is 1.49. The molecule has 1 rings (SSSR count). The molecule has 0 aliphatic carbocycles. The first-order chi connectivity index (χ1) is 8.90. The summed E-state index contributed by atoms with van der Waals surface area (Å²) in [5.41, 5.74) is 5.83. The minimum absolute atomic E-state index is 0.0316. The van der Waals surface area contributed by atoms with Crippen LogP contribution in [0.4, 0.5) is 10.1 Å². The smallest absolute Gasteiger partial charge is 0.254 e. The van der Waals surface area contributed by atoms with Gasteiger partial charge in [-0.25, -0.2) is 4.39 Å². The van der Waals surface area contributed by atoms with Crippen LogP contribution in [-0.2, 0) is 4.79 Å². The number of carbonyl (C=O) groups excluding carboxylic acids is 2. The Morgan fingerprint density at radius 1 is 1.42 bits per heavy atom. The van der Waals surface area contributed by atoms with Gasteiger partial charge in [0.15, 0.2) is 0 Å². The molecule has 1 aromatic carbocycles. The third kappa shape index (κ3) is 5.05. The number of benzene rings is 1. The predicted molar refractivity (Wildman–Crippen MR) is 71.3 cm³/mol. The molecule has 4 N–H and O–H groups in total. The van der Waals surface area contributed by atoms with E-state index < -0.39 is 11.7 Å². The van der Waals surface area contributed by atoms with Crippen molar-refractivity contribution in [3.05, 3.63) is 29.6 Å². The molecule has 0 fully saturated rings. The Morgan fingerprint density at radius 3 is 2.68 bits per heavy atom. The van der Waals surface area contributed by atoms with Gasteiger partial charge in [-0.05, 0) is 31.5 Å². The zero-order valence-electron chi connectivity index (χ0n) is 11.0. The van der Waals surface area contributed by atoms with Crippen LogP contribution in [-0.4, -0.2) is 24.4 Å². The Labute approximate surface area is 111 Å². The molecule has 6 heteroatoms. The second-order valence-corrected chi connectivity index (χ2v) is 4.40. The number of carbonyl (C=O) groups is 2. The van der Waals surface area contributed by atoms with Crippen LogP contribution >= 0.6 is 0 Å². The molecule has 0 aliphatic rings. The first-order valence-corrected chi connectivity index (χ1v) is 6.01. The highest BCUT2D eigenvalue weighted by Crippen LogP contribution is 2.14. The minimum Gasteiger partial charge on any atom is -0.352 e. The Hall–Kier alpha value is -1.95. The first kappa shape index (κ1) is 15.1. The molecule has 0 aromatic heterocycles. The number of anilines is 1. The zero-order valence-corrected chi connectivity index (χ0v) is 11.0. The molecular weight excluding hydrogens is 249 g/mol. The molecule has 0 heterocycles. The first-order valence-electron chi connectivity index (χ1n) is 6.01. The summed E-state index contributed by atoms with van der Waals surface area (Å²) in [6.07, 6.45) is 0.610. The van der Waals surface area contributed by atoms with E-state index in [-0.39, 0.29) is 17.5 Å². The van der Waals surface area contributed by atoms with Gasteiger partial charge in [-0.1, -0.05) is 0 Å². The fraction of sp³-hybridized carbons (Fsp3) is 0.385. The normalized spacial score (nSPS) is 11.8. The van der Waals surface area contributed by atoms with Crippen molar-refractivity contribution in [1.82, 2.24) is 5.32 Å². The van der Waals surface area contributed by atoms with Crippen LogP contribution in [0.3, 0.4) is 0 Å². The molecule has 1 unspecified atom stereocenters. The number of hydrogen-bond donors (Lipinski definition) is 3. The zero-order chi connectivity index (χ0) is 14.4. The number of nitrogens with one attached hydrogen (secondary N) is 2. The van der Waals surface area contributed by atoms with Crippen LogP contribution < -0.4 is 16.4 Å². The molecule has 104 valence electrons. The van der Waals surface area contributed by atoms with E-state index in [4.69, 9.17) is 5.73 Å². The fourth-order valence-corrected chi connectivity index (χ4v) is 1.49. The van der Waals surface area contributed by atoms with Crippen molar-refractivity contribution in [3.8, 4) is 0 Å². The number of hydrogen-bond acceptors (Lipinski definition) is 3. The van der Waals surface area contributed by atoms with Crippen LogP contribution in [0.15, 0.2) is 18.2 Å². The van der Waals surface area contributed by atoms with E-state index in [1.807, 2.05) is 6.92 Å². The molecule has 1 atom stereocenters. The summed E-state index contributed by atoms with van der Waals surface area (Å²) < 4.78 is 13.5. The summed E-state index contributed by atoms with van der Waals surface area (Å²) in [4.78, 5) is 22.7. The van der Waals surface area contributed by atoms with Gasteiger partial charge in [0.1, 0.15) is 5.82 Å². The number of nitrogens with two attached hydrogens (primary N) is 1. The summed E-state index contributed by atoms with van der Waals surface area (Å²) in [7, 11) is 0. The highest BCUT2D eigenvalue weighted by molar-refractivity contribution is 5.97. The second-order valence-electron chi connectivity index (χ2n) is 4.40. The Kier molecular flexibility index (Phi) is 5.44. The van der Waals surface area contributed by atoms with E-state index in [9.17, 15) is 14.0 Å². The van der Waals surface area contributed by atoms with Gasteiger partial charge in [-0.2, -0.15) is 0 Å². The van der Waals surface area contributed by atoms with Gasteiger partial charge >= 0.3 is 0 Å². The second kappa shape index (κ2) is 6.84. The number of rotatable bonds is 5. The minimum atomic E-state index is -0.632. The highest BCUT2D eigenvalue weighted by Gasteiger charge is 2.12. The summed E-state index contributed by atoms with van der Waals surface area (Å²) in [5, 5.41) is 5.08. The average molecular weight is 267 g/mol. The number of amides is 2. The monoisotopic (exact) mass is 267 g/mol. The lowest BCUT2D eigenvalue weighted by Crippen LogP contribution is -2.29. The third-order valence-corrected chi connectivity index (χ3v) is 2.42. The van der Waals surface area contributed by atoms with Gasteiger partial charge in [0, 0.05) is 25.2 Å². The van der Waals surface area contributed by atoms with E-state index in [1.165, 1.54) is 19.1 Å². The van der Waals surface area contributed by atoms with Crippen LogP contribution in [0.1, 0.15) is 30.6 Å². The quantitative estimate of drug-likeness (QED) is 0.750. The molecule has 1 aromatic rings. The average Bonchev–Trinajstić information content (AvgIpc) is 2.30. The molecule has 2 amide bonds. The topological polar surface area (TPSA) is 84.2 Å². The summed E-state index contributed by atoms with van der Waals surface area (Å²) in [6, 6.07) is 3.81. The van der Waals surface area contributed by atoms with Gasteiger partial charge in [0.05, 0.1) is 5.56 Å². The van der Waals surface area contributed by atoms with Gasteiger partial charge in [0.25, 0.3) is 5.91 Å². The standard InChI is InChI=1S/C13H18FN3O2/c1-8(15)5-6-16-13(19)11-7-10(17-9(2)18)3-4-12(11)14/h3-4,7-8H,5-6,15H2,1-2H3,(H,16,19)(H,17,18). The van der Waals surface area contributed by atoms with E-state index >= 15 is 0 Å². The Bertz CT molecular complexity index is 475. The molecule has 0 radical (unpaired) electrons. The highest BCUT2D eigenvalue weighted by atomic mass is 19.1. The molecule has 5 nitrogen and oxygen atoms in total. The van der Waals surface area contributed by atoms with Crippen LogP contribution in [0.5, 0.6) is 0 Å². The van der Waals surface area contributed by atoms with Crippen molar-refractivity contribution in [2.75, 3.05) is 11.9 Å². The van der Waals surface area contributed by atoms with Crippen LogP contribution in [0, 0.1) is 5.82 Å². The molecule has 0 saturated heterocycles. The maximum atomic E-state index is 13.5. The van der Waals surface area contributed by atoms with Crippen molar-refractivity contribution in [2.45, 2.75) is 26.3 Å². The largest absolute Gasteiger partial charge is 0.352 e. The van der Waals surface area contributed by atoms with Crippen molar-refractivity contribution in [2.24, 2.45) is 5.73 Å². The van der Waals surface area contributed by atoms with Crippen LogP contribution in [0.25, 0.3) is 0 Å². The van der Waals surface area contributed by atoms with Gasteiger partial charge in [-0.15, -0.1) is 0 Å². The van der Waals surface area contributed by atoms with E-state index in [0.29, 0.717) is 18.7 Å². The van der Waals surface area contributed by atoms with Gasteiger partial charge in [-0.3, -0.25) is 9.59 Å². The van der Waals surface area contributed by atoms with E-state index in [1.54, 1.807) is 0 Å². The van der Waals surface area contributed by atoms with E-state index in [0.717, 1.165) is 6.07 Å². The molecular formula is C13H18FN3O2. The molecule has 0 saturated carbocycles. The predicted octanol–water partition coefficient (Wildman–Crippen LogP) is 1.25.